The summed E-state index contributed by atoms with van der Waals surface area (Å²) in [4.78, 5) is 4.30. The number of nitrogens with one attached hydrogen (secondary N) is 1. The molecule has 0 fully saturated rings. The first-order chi connectivity index (χ1) is 12.3. The molecule has 5 heteroatoms. The van der Waals surface area contributed by atoms with Crippen molar-refractivity contribution in [2.24, 2.45) is 0 Å². The molecule has 4 nitrogen and oxygen atoms in total. The lowest BCUT2D eigenvalue weighted by Crippen LogP contribution is -2.17. The Morgan fingerprint density at radius 2 is 2.12 bits per heavy atom. The molecule has 0 aliphatic carbocycles. The van der Waals surface area contributed by atoms with Crippen LogP contribution in [0.3, 0.4) is 0 Å². The molecule has 2 heterocycles. The van der Waals surface area contributed by atoms with E-state index in [0.29, 0.717) is 6.61 Å². The number of rotatable bonds is 9. The van der Waals surface area contributed by atoms with Crippen molar-refractivity contribution in [3.05, 3.63) is 76.2 Å². The van der Waals surface area contributed by atoms with E-state index in [1.807, 2.05) is 36.4 Å². The van der Waals surface area contributed by atoms with Crippen LogP contribution < -0.4 is 14.8 Å². The van der Waals surface area contributed by atoms with E-state index in [1.54, 1.807) is 24.6 Å². The molecule has 130 valence electrons. The average molecular weight is 354 g/mol. The summed E-state index contributed by atoms with van der Waals surface area (Å²) in [7, 11) is 1.68. The molecule has 25 heavy (non-hydrogen) atoms. The van der Waals surface area contributed by atoms with Crippen molar-refractivity contribution < 1.29 is 9.47 Å². The normalized spacial score (nSPS) is 10.6. The molecule has 0 saturated heterocycles. The molecule has 0 unspecified atom stereocenters. The summed E-state index contributed by atoms with van der Waals surface area (Å²) >= 11 is 1.74. The summed E-state index contributed by atoms with van der Waals surface area (Å²) in [5, 5.41) is 7.78. The van der Waals surface area contributed by atoms with Crippen LogP contribution in [0.5, 0.6) is 11.5 Å². The minimum Gasteiger partial charge on any atom is -0.497 e. The fourth-order valence-corrected chi connectivity index (χ4v) is 3.19. The van der Waals surface area contributed by atoms with Gasteiger partial charge in [0, 0.05) is 18.3 Å². The Labute approximate surface area is 152 Å². The Morgan fingerprint density at radius 1 is 1.16 bits per heavy atom. The van der Waals surface area contributed by atoms with E-state index < -0.39 is 0 Å². The largest absolute Gasteiger partial charge is 0.497 e. The molecule has 0 spiro atoms. The van der Waals surface area contributed by atoms with Crippen LogP contribution in [0.2, 0.25) is 0 Å². The highest BCUT2D eigenvalue weighted by Crippen LogP contribution is 2.25. The van der Waals surface area contributed by atoms with E-state index >= 15 is 0 Å². The Kier molecular flexibility index (Phi) is 6.42. The zero-order chi connectivity index (χ0) is 17.3. The second kappa shape index (κ2) is 9.20. The second-order valence-corrected chi connectivity index (χ2v) is 6.42. The fraction of sp³-hybridized carbons (Fsp3) is 0.250. The number of pyridine rings is 1. The zero-order valence-corrected chi connectivity index (χ0v) is 15.1. The molecule has 0 bridgehead atoms. The third-order valence-corrected chi connectivity index (χ3v) is 4.59. The topological polar surface area (TPSA) is 43.4 Å². The van der Waals surface area contributed by atoms with Crippen LogP contribution in [0.1, 0.15) is 16.8 Å². The minimum atomic E-state index is 0.453. The van der Waals surface area contributed by atoms with Gasteiger partial charge < -0.3 is 14.8 Å². The molecule has 3 rings (SSSR count). The first kappa shape index (κ1) is 17.5. The van der Waals surface area contributed by atoms with Gasteiger partial charge in [-0.25, -0.2) is 0 Å². The number of methoxy groups -OCH3 is 1. The summed E-state index contributed by atoms with van der Waals surface area (Å²) in [5.41, 5.74) is 3.37. The Morgan fingerprint density at radius 3 is 2.88 bits per heavy atom. The Hall–Kier alpha value is -2.37. The van der Waals surface area contributed by atoms with Crippen LogP contribution in [0.15, 0.2) is 59.4 Å². The molecular formula is C20H22N2O2S. The van der Waals surface area contributed by atoms with Gasteiger partial charge in [0.2, 0.25) is 0 Å². The Bertz CT molecular complexity index is 761. The molecule has 1 N–H and O–H groups in total. The van der Waals surface area contributed by atoms with Gasteiger partial charge in [-0.15, -0.1) is 0 Å². The molecule has 3 aromatic rings. The number of hydrogen-bond donors (Lipinski definition) is 1. The summed E-state index contributed by atoms with van der Waals surface area (Å²) in [6.07, 6.45) is 2.80. The van der Waals surface area contributed by atoms with Crippen molar-refractivity contribution in [1.82, 2.24) is 10.3 Å². The maximum atomic E-state index is 5.97. The molecular weight excluding hydrogens is 332 g/mol. The summed E-state index contributed by atoms with van der Waals surface area (Å²) in [6, 6.07) is 13.9. The van der Waals surface area contributed by atoms with Crippen LogP contribution >= 0.6 is 11.3 Å². The monoisotopic (exact) mass is 354 g/mol. The van der Waals surface area contributed by atoms with Crippen molar-refractivity contribution in [2.45, 2.75) is 19.6 Å². The van der Waals surface area contributed by atoms with Crippen molar-refractivity contribution >= 4 is 11.3 Å². The number of benzene rings is 1. The standard InChI is InChI=1S/C20H22N2O2S/c1-23-19-5-6-20(24-14-18-4-2-3-9-22-18)17(12-19)13-21-10-7-16-8-11-25-15-16/h2-6,8-9,11-12,15,21H,7,10,13-14H2,1H3. The SMILES string of the molecule is COc1ccc(OCc2ccccn2)c(CNCCc2ccsc2)c1. The van der Waals surface area contributed by atoms with Crippen molar-refractivity contribution in [3.8, 4) is 11.5 Å². The molecule has 0 saturated carbocycles. The lowest BCUT2D eigenvalue weighted by atomic mass is 10.1. The van der Waals surface area contributed by atoms with Crippen LogP contribution in [-0.2, 0) is 19.6 Å². The van der Waals surface area contributed by atoms with E-state index in [9.17, 15) is 0 Å². The van der Waals surface area contributed by atoms with Crippen LogP contribution in [0.4, 0.5) is 0 Å². The van der Waals surface area contributed by atoms with Gasteiger partial charge in [-0.2, -0.15) is 11.3 Å². The quantitative estimate of drug-likeness (QED) is 0.589. The van der Waals surface area contributed by atoms with Gasteiger partial charge in [0.05, 0.1) is 12.8 Å². The van der Waals surface area contributed by atoms with Gasteiger partial charge in [0.1, 0.15) is 18.1 Å². The van der Waals surface area contributed by atoms with E-state index in [4.69, 9.17) is 9.47 Å². The molecule has 2 aromatic heterocycles. The predicted molar refractivity (Wildman–Crippen MR) is 101 cm³/mol. The molecule has 0 radical (unpaired) electrons. The molecule has 0 aliphatic heterocycles. The molecule has 0 aliphatic rings. The third-order valence-electron chi connectivity index (χ3n) is 3.86. The molecule has 0 atom stereocenters. The molecule has 1 aromatic carbocycles. The summed E-state index contributed by atoms with van der Waals surface area (Å²) < 4.78 is 11.3. The minimum absolute atomic E-state index is 0.453. The van der Waals surface area contributed by atoms with Crippen molar-refractivity contribution in [1.29, 1.82) is 0 Å². The van der Waals surface area contributed by atoms with Gasteiger partial charge >= 0.3 is 0 Å². The number of hydrogen-bond acceptors (Lipinski definition) is 5. The Balaban J connectivity index is 1.59. The van der Waals surface area contributed by atoms with E-state index in [0.717, 1.165) is 42.3 Å². The van der Waals surface area contributed by atoms with Crippen molar-refractivity contribution in [2.75, 3.05) is 13.7 Å². The third kappa shape index (κ3) is 5.31. The maximum Gasteiger partial charge on any atom is 0.130 e. The van der Waals surface area contributed by atoms with Crippen LogP contribution in [0.25, 0.3) is 0 Å². The van der Waals surface area contributed by atoms with E-state index in [2.05, 4.69) is 27.1 Å². The lowest BCUT2D eigenvalue weighted by Gasteiger charge is -2.13. The smallest absolute Gasteiger partial charge is 0.130 e. The number of nitrogens with zero attached hydrogens (tertiary/aromatic N) is 1. The van der Waals surface area contributed by atoms with Gasteiger partial charge in [-0.05, 0) is 65.7 Å². The van der Waals surface area contributed by atoms with Crippen LogP contribution in [0, 0.1) is 0 Å². The number of thiophene rings is 1. The predicted octanol–water partition coefficient (Wildman–Crippen LogP) is 4.06. The maximum absolute atomic E-state index is 5.97. The van der Waals surface area contributed by atoms with Gasteiger partial charge in [0.25, 0.3) is 0 Å². The van der Waals surface area contributed by atoms with E-state index in [1.165, 1.54) is 5.56 Å². The van der Waals surface area contributed by atoms with E-state index in [-0.39, 0.29) is 0 Å². The first-order valence-corrected chi connectivity index (χ1v) is 9.21. The number of aromatic nitrogens is 1. The lowest BCUT2D eigenvalue weighted by molar-refractivity contribution is 0.296. The second-order valence-electron chi connectivity index (χ2n) is 5.64. The average Bonchev–Trinajstić information content (AvgIpc) is 3.18. The number of ether oxygens (including phenoxy) is 2. The van der Waals surface area contributed by atoms with Crippen molar-refractivity contribution in [3.63, 3.8) is 0 Å². The van der Waals surface area contributed by atoms with Crippen LogP contribution in [-0.4, -0.2) is 18.6 Å². The summed E-state index contributed by atoms with van der Waals surface area (Å²) in [5.74, 6) is 1.69. The highest BCUT2D eigenvalue weighted by molar-refractivity contribution is 7.07. The zero-order valence-electron chi connectivity index (χ0n) is 14.3. The summed E-state index contributed by atoms with van der Waals surface area (Å²) in [6.45, 7) is 2.11. The fourth-order valence-electron chi connectivity index (χ4n) is 2.49. The van der Waals surface area contributed by atoms with Gasteiger partial charge in [-0.1, -0.05) is 6.07 Å². The van der Waals surface area contributed by atoms with Gasteiger partial charge in [0.15, 0.2) is 0 Å². The first-order valence-electron chi connectivity index (χ1n) is 8.26. The van der Waals surface area contributed by atoms with Gasteiger partial charge in [-0.3, -0.25) is 4.98 Å². The highest BCUT2D eigenvalue weighted by atomic mass is 32.1. The highest BCUT2D eigenvalue weighted by Gasteiger charge is 2.07. The molecule has 0 amide bonds.